The Bertz CT molecular complexity index is 608. The van der Waals surface area contributed by atoms with E-state index in [9.17, 15) is 14.7 Å². The van der Waals surface area contributed by atoms with Crippen molar-refractivity contribution >= 4 is 17.7 Å². The van der Waals surface area contributed by atoms with E-state index in [0.29, 0.717) is 18.2 Å². The molecule has 0 aromatic carbocycles. The maximum Gasteiger partial charge on any atom is 0.267 e. The molecule has 0 atom stereocenters. The molecule has 0 spiro atoms. The molecule has 6 nitrogen and oxygen atoms in total. The van der Waals surface area contributed by atoms with E-state index in [4.69, 9.17) is 0 Å². The van der Waals surface area contributed by atoms with Crippen LogP contribution in [0.3, 0.4) is 0 Å². The second kappa shape index (κ2) is 5.81. The largest absolute Gasteiger partial charge is 0.396 e. The van der Waals surface area contributed by atoms with Crippen molar-refractivity contribution in [3.63, 3.8) is 0 Å². The maximum absolute atomic E-state index is 12.2. The van der Waals surface area contributed by atoms with E-state index in [0.717, 1.165) is 31.4 Å². The SMILES string of the molecule is O=C(NCC1(CO)CCCC1)c1cnc2n(c1=O)CCS2. The lowest BCUT2D eigenvalue weighted by atomic mass is 9.87. The zero-order valence-electron chi connectivity index (χ0n) is 11.8. The zero-order valence-corrected chi connectivity index (χ0v) is 12.6. The van der Waals surface area contributed by atoms with Crippen molar-refractivity contribution in [2.75, 3.05) is 18.9 Å². The van der Waals surface area contributed by atoms with Gasteiger partial charge in [0.2, 0.25) is 0 Å². The number of hydrogen-bond acceptors (Lipinski definition) is 5. The average Bonchev–Trinajstić information content (AvgIpc) is 3.15. The van der Waals surface area contributed by atoms with Gasteiger partial charge in [-0.25, -0.2) is 4.98 Å². The molecule has 1 saturated carbocycles. The number of hydrogen-bond donors (Lipinski definition) is 2. The number of aliphatic hydroxyl groups is 1. The summed E-state index contributed by atoms with van der Waals surface area (Å²) in [6, 6.07) is 0. The van der Waals surface area contributed by atoms with E-state index in [1.807, 2.05) is 0 Å². The van der Waals surface area contributed by atoms with Crippen LogP contribution in [0.2, 0.25) is 0 Å². The highest BCUT2D eigenvalue weighted by Crippen LogP contribution is 2.36. The van der Waals surface area contributed by atoms with Gasteiger partial charge in [0.05, 0.1) is 6.61 Å². The van der Waals surface area contributed by atoms with E-state index in [2.05, 4.69) is 10.3 Å². The summed E-state index contributed by atoms with van der Waals surface area (Å²) in [7, 11) is 0. The fourth-order valence-corrected chi connectivity index (χ4v) is 3.97. The van der Waals surface area contributed by atoms with Crippen LogP contribution in [0.5, 0.6) is 0 Å². The monoisotopic (exact) mass is 309 g/mol. The van der Waals surface area contributed by atoms with E-state index in [1.54, 1.807) is 4.57 Å². The normalized spacial score (nSPS) is 19.5. The second-order valence-corrected chi connectivity index (χ2v) is 6.87. The van der Waals surface area contributed by atoms with Gasteiger partial charge in [-0.1, -0.05) is 24.6 Å². The molecule has 0 unspecified atom stereocenters. The van der Waals surface area contributed by atoms with Gasteiger partial charge in [-0.2, -0.15) is 0 Å². The lowest BCUT2D eigenvalue weighted by Crippen LogP contribution is -2.40. The summed E-state index contributed by atoms with van der Waals surface area (Å²) in [6.45, 7) is 1.09. The summed E-state index contributed by atoms with van der Waals surface area (Å²) in [6.07, 6.45) is 5.36. The average molecular weight is 309 g/mol. The van der Waals surface area contributed by atoms with Crippen LogP contribution in [-0.2, 0) is 6.54 Å². The zero-order chi connectivity index (χ0) is 14.9. The predicted molar refractivity (Wildman–Crippen MR) is 79.5 cm³/mol. The Hall–Kier alpha value is -1.34. The maximum atomic E-state index is 12.2. The van der Waals surface area contributed by atoms with Crippen LogP contribution < -0.4 is 10.9 Å². The molecule has 0 bridgehead atoms. The molecule has 1 aliphatic heterocycles. The van der Waals surface area contributed by atoms with Gasteiger partial charge in [0, 0.05) is 30.5 Å². The first-order chi connectivity index (χ1) is 10.2. The molecule has 1 aromatic heterocycles. The van der Waals surface area contributed by atoms with Crippen molar-refractivity contribution < 1.29 is 9.90 Å². The van der Waals surface area contributed by atoms with Gasteiger partial charge < -0.3 is 10.4 Å². The molecule has 1 aliphatic carbocycles. The van der Waals surface area contributed by atoms with Gasteiger partial charge in [-0.05, 0) is 12.8 Å². The van der Waals surface area contributed by atoms with Crippen LogP contribution in [0.15, 0.2) is 16.1 Å². The fourth-order valence-electron chi connectivity index (χ4n) is 3.05. The van der Waals surface area contributed by atoms with Crippen LogP contribution >= 0.6 is 11.8 Å². The summed E-state index contributed by atoms with van der Waals surface area (Å²) in [4.78, 5) is 28.6. The number of aromatic nitrogens is 2. The van der Waals surface area contributed by atoms with E-state index < -0.39 is 0 Å². The molecule has 1 fully saturated rings. The van der Waals surface area contributed by atoms with Gasteiger partial charge in [-0.15, -0.1) is 0 Å². The number of nitrogens with zero attached hydrogens (tertiary/aromatic N) is 2. The van der Waals surface area contributed by atoms with Crippen LogP contribution in [-0.4, -0.2) is 39.5 Å². The quantitative estimate of drug-likeness (QED) is 0.797. The minimum Gasteiger partial charge on any atom is -0.396 e. The molecular weight excluding hydrogens is 290 g/mol. The molecule has 2 aliphatic rings. The van der Waals surface area contributed by atoms with Crippen LogP contribution in [0.25, 0.3) is 0 Å². The standard InChI is InChI=1S/C14H19N3O3S/c18-9-14(3-1-2-4-14)8-16-11(19)10-7-15-13-17(12(10)20)5-6-21-13/h7,18H,1-6,8-9H2,(H,16,19). The van der Waals surface area contributed by atoms with Gasteiger partial charge >= 0.3 is 0 Å². The van der Waals surface area contributed by atoms with Crippen molar-refractivity contribution in [3.8, 4) is 0 Å². The molecular formula is C14H19N3O3S. The van der Waals surface area contributed by atoms with Crippen LogP contribution in [0, 0.1) is 5.41 Å². The number of nitrogens with one attached hydrogen (secondary N) is 1. The lowest BCUT2D eigenvalue weighted by molar-refractivity contribution is 0.0878. The fraction of sp³-hybridized carbons (Fsp3) is 0.643. The van der Waals surface area contributed by atoms with Crippen molar-refractivity contribution in [1.29, 1.82) is 0 Å². The number of carbonyl (C=O) groups excluding carboxylic acids is 1. The number of rotatable bonds is 4. The molecule has 7 heteroatoms. The molecule has 0 radical (unpaired) electrons. The number of aliphatic hydroxyl groups excluding tert-OH is 1. The number of carbonyl (C=O) groups is 1. The van der Waals surface area contributed by atoms with Gasteiger partial charge in [0.15, 0.2) is 5.16 Å². The molecule has 21 heavy (non-hydrogen) atoms. The number of amides is 1. The van der Waals surface area contributed by atoms with Gasteiger partial charge in [0.25, 0.3) is 11.5 Å². The molecule has 2 heterocycles. The van der Waals surface area contributed by atoms with E-state index in [-0.39, 0.29) is 29.1 Å². The Morgan fingerprint density at radius 3 is 2.95 bits per heavy atom. The number of thioether (sulfide) groups is 1. The highest BCUT2D eigenvalue weighted by molar-refractivity contribution is 7.99. The van der Waals surface area contributed by atoms with Crippen LogP contribution in [0.1, 0.15) is 36.0 Å². The van der Waals surface area contributed by atoms with Crippen molar-refractivity contribution in [2.45, 2.75) is 37.4 Å². The first-order valence-corrected chi connectivity index (χ1v) is 8.25. The predicted octanol–water partition coefficient (Wildman–Crippen LogP) is 0.631. The summed E-state index contributed by atoms with van der Waals surface area (Å²) in [5, 5.41) is 13.0. The Morgan fingerprint density at radius 2 is 2.24 bits per heavy atom. The molecule has 1 aromatic rings. The Kier molecular flexibility index (Phi) is 4.03. The highest BCUT2D eigenvalue weighted by atomic mass is 32.2. The third kappa shape index (κ3) is 2.72. The third-order valence-electron chi connectivity index (χ3n) is 4.42. The van der Waals surface area contributed by atoms with Crippen molar-refractivity contribution in [2.24, 2.45) is 5.41 Å². The summed E-state index contributed by atoms with van der Waals surface area (Å²) in [5.74, 6) is 0.431. The Morgan fingerprint density at radius 1 is 1.48 bits per heavy atom. The van der Waals surface area contributed by atoms with Gasteiger partial charge in [0.1, 0.15) is 5.56 Å². The Balaban J connectivity index is 1.73. The molecule has 3 rings (SSSR count). The summed E-state index contributed by atoms with van der Waals surface area (Å²) in [5.41, 5.74) is -0.398. The third-order valence-corrected chi connectivity index (χ3v) is 5.40. The summed E-state index contributed by atoms with van der Waals surface area (Å²) < 4.78 is 1.55. The Labute approximate surface area is 127 Å². The first-order valence-electron chi connectivity index (χ1n) is 7.27. The topological polar surface area (TPSA) is 84.2 Å². The lowest BCUT2D eigenvalue weighted by Gasteiger charge is -2.26. The minimum absolute atomic E-state index is 0.0747. The minimum atomic E-state index is -0.389. The van der Waals surface area contributed by atoms with Crippen LogP contribution in [0.4, 0.5) is 0 Å². The number of fused-ring (bicyclic) bond motifs is 1. The highest BCUT2D eigenvalue weighted by Gasteiger charge is 2.33. The van der Waals surface area contributed by atoms with Crippen molar-refractivity contribution in [1.82, 2.24) is 14.9 Å². The van der Waals surface area contributed by atoms with Crippen molar-refractivity contribution in [3.05, 3.63) is 22.1 Å². The molecule has 1 amide bonds. The second-order valence-electron chi connectivity index (χ2n) is 5.81. The van der Waals surface area contributed by atoms with Gasteiger partial charge in [-0.3, -0.25) is 14.2 Å². The first kappa shape index (κ1) is 14.6. The van der Waals surface area contributed by atoms with E-state index >= 15 is 0 Å². The van der Waals surface area contributed by atoms with E-state index in [1.165, 1.54) is 18.0 Å². The molecule has 114 valence electrons. The smallest absolute Gasteiger partial charge is 0.267 e. The molecule has 0 saturated heterocycles. The molecule has 2 N–H and O–H groups in total. The summed E-state index contributed by atoms with van der Waals surface area (Å²) >= 11 is 1.53.